The lowest BCUT2D eigenvalue weighted by Gasteiger charge is -2.38. The van der Waals surface area contributed by atoms with Gasteiger partial charge in [-0.2, -0.15) is 4.98 Å². The number of anilines is 1. The molecule has 0 amide bonds. The normalized spacial score (nSPS) is 24.0. The van der Waals surface area contributed by atoms with Crippen LogP contribution in [0.3, 0.4) is 0 Å². The lowest BCUT2D eigenvalue weighted by molar-refractivity contribution is 0.176. The third-order valence-electron chi connectivity index (χ3n) is 6.38. The number of rotatable bonds is 5. The summed E-state index contributed by atoms with van der Waals surface area (Å²) in [6.07, 6.45) is 4.06. The van der Waals surface area contributed by atoms with E-state index in [2.05, 4.69) is 30.5 Å². The number of nitrogens with zero attached hydrogens (tertiary/aromatic N) is 6. The molecule has 2 fully saturated rings. The van der Waals surface area contributed by atoms with Gasteiger partial charge in [-0.1, -0.05) is 6.07 Å². The first-order chi connectivity index (χ1) is 15.9. The van der Waals surface area contributed by atoms with Gasteiger partial charge in [0.2, 0.25) is 0 Å². The number of hydrogen-bond donors (Lipinski definition) is 2. The van der Waals surface area contributed by atoms with Crippen molar-refractivity contribution < 1.29 is 18.6 Å². The molecule has 11 heteroatoms. The highest BCUT2D eigenvalue weighted by Gasteiger charge is 2.43. The van der Waals surface area contributed by atoms with Crippen LogP contribution >= 0.6 is 0 Å². The standard InChI is InChI=1S/C22H23F2N7O2/c1-31(16-8-12-4-6-15(27-12)19(16)24)18-10-25-21(30-29-18)13-5-3-11(7-17(13)32)20-14(23)9-26-22(28-20)33-2/h3,5,7,9-10,12,15-16,19,27,32H,4,6,8H2,1-2H3/t12-,15+,16+,19-/m0/s1. The second kappa shape index (κ2) is 8.47. The van der Waals surface area contributed by atoms with Crippen molar-refractivity contribution in [2.45, 2.75) is 43.6 Å². The smallest absolute Gasteiger partial charge is 0.316 e. The minimum atomic E-state index is -0.993. The second-order valence-electron chi connectivity index (χ2n) is 8.33. The molecule has 0 spiro atoms. The van der Waals surface area contributed by atoms with E-state index in [1.54, 1.807) is 24.1 Å². The maximum Gasteiger partial charge on any atom is 0.316 e. The quantitative estimate of drug-likeness (QED) is 0.600. The Morgan fingerprint density at radius 1 is 1.18 bits per heavy atom. The fourth-order valence-corrected chi connectivity index (χ4v) is 4.59. The summed E-state index contributed by atoms with van der Waals surface area (Å²) in [5, 5.41) is 22.2. The molecule has 4 heterocycles. The van der Waals surface area contributed by atoms with Gasteiger partial charge in [-0.05, 0) is 31.4 Å². The number of phenols is 1. The maximum atomic E-state index is 14.9. The number of methoxy groups -OCH3 is 1. The van der Waals surface area contributed by atoms with Crippen molar-refractivity contribution in [1.82, 2.24) is 30.5 Å². The predicted octanol–water partition coefficient (Wildman–Crippen LogP) is 2.52. The zero-order valence-corrected chi connectivity index (χ0v) is 18.1. The number of piperidine rings is 1. The lowest BCUT2D eigenvalue weighted by atomic mass is 9.96. The molecule has 2 saturated heterocycles. The van der Waals surface area contributed by atoms with Crippen molar-refractivity contribution in [3.63, 3.8) is 0 Å². The number of benzene rings is 1. The summed E-state index contributed by atoms with van der Waals surface area (Å²) in [6.45, 7) is 0. The van der Waals surface area contributed by atoms with Gasteiger partial charge in [-0.25, -0.2) is 18.7 Å². The van der Waals surface area contributed by atoms with E-state index in [-0.39, 0.29) is 35.4 Å². The van der Waals surface area contributed by atoms with Crippen molar-refractivity contribution in [1.29, 1.82) is 0 Å². The number of fused-ring (bicyclic) bond motifs is 2. The Morgan fingerprint density at radius 2 is 2.03 bits per heavy atom. The number of hydrogen-bond acceptors (Lipinski definition) is 9. The van der Waals surface area contributed by atoms with Gasteiger partial charge >= 0.3 is 6.01 Å². The van der Waals surface area contributed by atoms with Gasteiger partial charge in [0.25, 0.3) is 0 Å². The minimum Gasteiger partial charge on any atom is -0.507 e. The van der Waals surface area contributed by atoms with E-state index < -0.39 is 12.0 Å². The Kier molecular flexibility index (Phi) is 5.49. The average Bonchev–Trinajstić information content (AvgIpc) is 3.25. The fourth-order valence-electron chi connectivity index (χ4n) is 4.59. The molecule has 9 nitrogen and oxygen atoms in total. The molecule has 2 aromatic heterocycles. The molecule has 3 aromatic rings. The molecule has 2 aliphatic heterocycles. The van der Waals surface area contributed by atoms with Crippen LogP contribution in [0, 0.1) is 5.82 Å². The number of phenolic OH excluding ortho intramolecular Hbond substituents is 1. The van der Waals surface area contributed by atoms with Crippen LogP contribution in [0.1, 0.15) is 19.3 Å². The number of ether oxygens (including phenoxy) is 1. The van der Waals surface area contributed by atoms with Gasteiger partial charge in [0.1, 0.15) is 17.6 Å². The van der Waals surface area contributed by atoms with E-state index in [0.717, 1.165) is 19.0 Å². The number of aromatic hydroxyl groups is 1. The van der Waals surface area contributed by atoms with Crippen molar-refractivity contribution in [2.75, 3.05) is 19.1 Å². The summed E-state index contributed by atoms with van der Waals surface area (Å²) in [4.78, 5) is 13.8. The first-order valence-corrected chi connectivity index (χ1v) is 10.7. The molecule has 2 N–H and O–H groups in total. The van der Waals surface area contributed by atoms with Gasteiger partial charge in [0, 0.05) is 24.7 Å². The van der Waals surface area contributed by atoms with Gasteiger partial charge < -0.3 is 20.1 Å². The van der Waals surface area contributed by atoms with Gasteiger partial charge in [0.05, 0.1) is 31.1 Å². The molecule has 2 aliphatic rings. The van der Waals surface area contributed by atoms with E-state index in [0.29, 0.717) is 29.4 Å². The lowest BCUT2D eigenvalue weighted by Crippen LogP contribution is -2.55. The van der Waals surface area contributed by atoms with Crippen LogP contribution < -0.4 is 15.0 Å². The molecule has 33 heavy (non-hydrogen) atoms. The highest BCUT2D eigenvalue weighted by Crippen LogP contribution is 2.34. The van der Waals surface area contributed by atoms with Gasteiger partial charge in [-0.3, -0.25) is 0 Å². The first kappa shape index (κ1) is 21.4. The van der Waals surface area contributed by atoms with Crippen LogP contribution in [-0.4, -0.2) is 68.7 Å². The Hall–Kier alpha value is -3.47. The highest BCUT2D eigenvalue weighted by molar-refractivity contribution is 5.71. The topological polar surface area (TPSA) is 109 Å². The average molecular weight is 455 g/mol. The number of halogens is 2. The third kappa shape index (κ3) is 3.92. The van der Waals surface area contributed by atoms with Crippen molar-refractivity contribution in [3.05, 3.63) is 36.4 Å². The number of nitrogens with one attached hydrogen (secondary N) is 1. The molecular weight excluding hydrogens is 432 g/mol. The van der Waals surface area contributed by atoms with Crippen molar-refractivity contribution in [2.24, 2.45) is 0 Å². The van der Waals surface area contributed by atoms with E-state index >= 15 is 0 Å². The molecule has 4 atom stereocenters. The summed E-state index contributed by atoms with van der Waals surface area (Å²) in [5.74, 6) is -0.157. The van der Waals surface area contributed by atoms with Crippen LogP contribution in [0.2, 0.25) is 0 Å². The van der Waals surface area contributed by atoms with Crippen molar-refractivity contribution in [3.8, 4) is 34.4 Å². The molecule has 2 bridgehead atoms. The second-order valence-corrected chi connectivity index (χ2v) is 8.33. The molecule has 0 saturated carbocycles. The van der Waals surface area contributed by atoms with Gasteiger partial charge in [-0.15, -0.1) is 10.2 Å². The minimum absolute atomic E-state index is 0.00330. The van der Waals surface area contributed by atoms with Crippen molar-refractivity contribution >= 4 is 5.82 Å². The number of alkyl halides is 1. The molecule has 172 valence electrons. The summed E-state index contributed by atoms with van der Waals surface area (Å²) < 4.78 is 34.0. The molecule has 1 aromatic carbocycles. The summed E-state index contributed by atoms with van der Waals surface area (Å²) in [7, 11) is 3.18. The highest BCUT2D eigenvalue weighted by atomic mass is 19.1. The molecule has 0 aliphatic carbocycles. The van der Waals surface area contributed by atoms with E-state index in [9.17, 15) is 13.9 Å². The van der Waals surface area contributed by atoms with Crippen LogP contribution in [0.5, 0.6) is 11.8 Å². The maximum absolute atomic E-state index is 14.9. The van der Waals surface area contributed by atoms with Crippen LogP contribution in [0.4, 0.5) is 14.6 Å². The SMILES string of the molecule is COc1ncc(F)c(-c2ccc(-c3ncc(N(C)[C@@H]4C[C@@H]5CC[C@@H](N5)[C@@H]4F)nn3)c(O)c2)n1. The molecule has 0 unspecified atom stereocenters. The molecule has 0 radical (unpaired) electrons. The summed E-state index contributed by atoms with van der Waals surface area (Å²) in [6, 6.07) is 4.43. The predicted molar refractivity (Wildman–Crippen MR) is 116 cm³/mol. The van der Waals surface area contributed by atoms with Crippen LogP contribution in [0.25, 0.3) is 22.6 Å². The third-order valence-corrected chi connectivity index (χ3v) is 6.38. The Balaban J connectivity index is 1.37. The number of aromatic nitrogens is 5. The summed E-state index contributed by atoms with van der Waals surface area (Å²) in [5.41, 5.74) is 0.662. The van der Waals surface area contributed by atoms with Crippen LogP contribution in [0.15, 0.2) is 30.6 Å². The van der Waals surface area contributed by atoms with E-state index in [1.807, 2.05) is 0 Å². The van der Waals surface area contributed by atoms with Crippen LogP contribution in [-0.2, 0) is 0 Å². The summed E-state index contributed by atoms with van der Waals surface area (Å²) >= 11 is 0. The van der Waals surface area contributed by atoms with Gasteiger partial charge in [0.15, 0.2) is 17.5 Å². The zero-order chi connectivity index (χ0) is 23.1. The largest absolute Gasteiger partial charge is 0.507 e. The zero-order valence-electron chi connectivity index (χ0n) is 18.1. The first-order valence-electron chi connectivity index (χ1n) is 10.7. The molecule has 5 rings (SSSR count). The van der Waals surface area contributed by atoms with E-state index in [4.69, 9.17) is 4.74 Å². The Morgan fingerprint density at radius 3 is 2.76 bits per heavy atom. The Labute approximate surface area is 188 Å². The Bertz CT molecular complexity index is 1160. The fraction of sp³-hybridized carbons (Fsp3) is 0.409. The monoisotopic (exact) mass is 455 g/mol. The molecular formula is C22H23F2N7O2. The van der Waals surface area contributed by atoms with E-state index in [1.165, 1.54) is 19.4 Å².